The van der Waals surface area contributed by atoms with Gasteiger partial charge in [-0.2, -0.15) is 0 Å². The van der Waals surface area contributed by atoms with Crippen LogP contribution in [0.25, 0.3) is 0 Å². The standard InChI is InChI=1S/C14H22BrNO3/c1-3-16-10-11-8-12(15)14(19-7-5-6-17)13(9-11)18-4-2/h8-9,16-17H,3-7,10H2,1-2H3. The summed E-state index contributed by atoms with van der Waals surface area (Å²) in [7, 11) is 0. The van der Waals surface area contributed by atoms with Crippen LogP contribution in [-0.4, -0.2) is 31.5 Å². The summed E-state index contributed by atoms with van der Waals surface area (Å²) in [5.74, 6) is 1.44. The van der Waals surface area contributed by atoms with Gasteiger partial charge in [-0.15, -0.1) is 0 Å². The minimum atomic E-state index is 0.125. The second-order valence-corrected chi connectivity index (χ2v) is 4.90. The molecule has 19 heavy (non-hydrogen) atoms. The first-order chi connectivity index (χ1) is 9.22. The van der Waals surface area contributed by atoms with E-state index in [0.717, 1.165) is 28.9 Å². The quantitative estimate of drug-likeness (QED) is 0.683. The number of hydrogen-bond acceptors (Lipinski definition) is 4. The zero-order valence-electron chi connectivity index (χ0n) is 11.5. The predicted molar refractivity (Wildman–Crippen MR) is 79.9 cm³/mol. The van der Waals surface area contributed by atoms with E-state index in [1.807, 2.05) is 19.1 Å². The monoisotopic (exact) mass is 331 g/mol. The summed E-state index contributed by atoms with van der Waals surface area (Å²) in [6.45, 7) is 6.94. The van der Waals surface area contributed by atoms with Gasteiger partial charge in [0.25, 0.3) is 0 Å². The Bertz CT molecular complexity index is 385. The molecule has 1 rings (SSSR count). The molecule has 5 heteroatoms. The Morgan fingerprint density at radius 1 is 1.26 bits per heavy atom. The van der Waals surface area contributed by atoms with Crippen molar-refractivity contribution in [1.29, 1.82) is 0 Å². The number of rotatable bonds is 9. The maximum absolute atomic E-state index is 8.80. The first-order valence-electron chi connectivity index (χ1n) is 6.62. The summed E-state index contributed by atoms with van der Waals surface area (Å²) in [5.41, 5.74) is 1.15. The van der Waals surface area contributed by atoms with Gasteiger partial charge in [0, 0.05) is 19.6 Å². The minimum absolute atomic E-state index is 0.125. The van der Waals surface area contributed by atoms with Crippen molar-refractivity contribution < 1.29 is 14.6 Å². The van der Waals surface area contributed by atoms with Crippen LogP contribution in [0.2, 0.25) is 0 Å². The molecule has 2 N–H and O–H groups in total. The van der Waals surface area contributed by atoms with Gasteiger partial charge in [0.05, 0.1) is 17.7 Å². The van der Waals surface area contributed by atoms with Crippen LogP contribution < -0.4 is 14.8 Å². The highest BCUT2D eigenvalue weighted by Gasteiger charge is 2.12. The molecule has 108 valence electrons. The van der Waals surface area contributed by atoms with Gasteiger partial charge in [0.1, 0.15) is 0 Å². The summed E-state index contributed by atoms with van der Waals surface area (Å²) in [5, 5.41) is 12.1. The van der Waals surface area contributed by atoms with Crippen molar-refractivity contribution in [3.8, 4) is 11.5 Å². The van der Waals surface area contributed by atoms with Crippen LogP contribution in [0, 0.1) is 0 Å². The van der Waals surface area contributed by atoms with Crippen molar-refractivity contribution in [3.05, 3.63) is 22.2 Å². The van der Waals surface area contributed by atoms with E-state index in [-0.39, 0.29) is 6.61 Å². The molecule has 0 aliphatic heterocycles. The van der Waals surface area contributed by atoms with E-state index in [2.05, 4.69) is 28.2 Å². The van der Waals surface area contributed by atoms with E-state index in [1.165, 1.54) is 0 Å². The Labute approximate surface area is 123 Å². The zero-order chi connectivity index (χ0) is 14.1. The topological polar surface area (TPSA) is 50.7 Å². The van der Waals surface area contributed by atoms with Crippen LogP contribution >= 0.6 is 15.9 Å². The third kappa shape index (κ3) is 5.38. The van der Waals surface area contributed by atoms with Crippen LogP contribution in [0.1, 0.15) is 25.8 Å². The average molecular weight is 332 g/mol. The third-order valence-electron chi connectivity index (χ3n) is 2.50. The number of benzene rings is 1. The van der Waals surface area contributed by atoms with E-state index in [9.17, 15) is 0 Å². The SMILES string of the molecule is CCNCc1cc(Br)c(OCCCO)c(OCC)c1. The molecular formula is C14H22BrNO3. The fraction of sp³-hybridized carbons (Fsp3) is 0.571. The Balaban J connectivity index is 2.87. The molecule has 4 nitrogen and oxygen atoms in total. The fourth-order valence-corrected chi connectivity index (χ4v) is 2.24. The molecule has 0 heterocycles. The normalized spacial score (nSPS) is 10.5. The van der Waals surface area contributed by atoms with Gasteiger partial charge in [-0.3, -0.25) is 0 Å². The van der Waals surface area contributed by atoms with E-state index in [1.54, 1.807) is 0 Å². The second kappa shape index (κ2) is 9.18. The van der Waals surface area contributed by atoms with E-state index in [4.69, 9.17) is 14.6 Å². The van der Waals surface area contributed by atoms with Crippen LogP contribution in [-0.2, 0) is 6.54 Å². The smallest absolute Gasteiger partial charge is 0.175 e. The Morgan fingerprint density at radius 3 is 2.68 bits per heavy atom. The first kappa shape index (κ1) is 16.3. The van der Waals surface area contributed by atoms with Gasteiger partial charge >= 0.3 is 0 Å². The largest absolute Gasteiger partial charge is 0.490 e. The average Bonchev–Trinajstić information content (AvgIpc) is 2.40. The van der Waals surface area contributed by atoms with Crippen molar-refractivity contribution in [2.75, 3.05) is 26.4 Å². The highest BCUT2D eigenvalue weighted by Crippen LogP contribution is 2.37. The van der Waals surface area contributed by atoms with Gasteiger partial charge in [-0.25, -0.2) is 0 Å². The molecule has 0 aromatic heterocycles. The number of halogens is 1. The van der Waals surface area contributed by atoms with Gasteiger partial charge in [-0.05, 0) is 47.1 Å². The minimum Gasteiger partial charge on any atom is -0.490 e. The van der Waals surface area contributed by atoms with Gasteiger partial charge < -0.3 is 19.9 Å². The Kier molecular flexibility index (Phi) is 7.86. The van der Waals surface area contributed by atoms with E-state index < -0.39 is 0 Å². The van der Waals surface area contributed by atoms with Gasteiger partial charge in [-0.1, -0.05) is 6.92 Å². The molecule has 0 fully saturated rings. The molecule has 0 unspecified atom stereocenters. The molecule has 0 saturated carbocycles. The molecular weight excluding hydrogens is 310 g/mol. The number of aliphatic hydroxyl groups excluding tert-OH is 1. The molecule has 0 amide bonds. The first-order valence-corrected chi connectivity index (χ1v) is 7.41. The zero-order valence-corrected chi connectivity index (χ0v) is 13.1. The Morgan fingerprint density at radius 2 is 2.05 bits per heavy atom. The molecule has 0 aliphatic carbocycles. The molecule has 0 aliphatic rings. The van der Waals surface area contributed by atoms with Gasteiger partial charge in [0.2, 0.25) is 0 Å². The van der Waals surface area contributed by atoms with Crippen LogP contribution in [0.5, 0.6) is 11.5 Å². The van der Waals surface area contributed by atoms with Crippen molar-refractivity contribution in [2.24, 2.45) is 0 Å². The Hall–Kier alpha value is -0.780. The molecule has 0 spiro atoms. The van der Waals surface area contributed by atoms with Crippen molar-refractivity contribution in [1.82, 2.24) is 5.32 Å². The summed E-state index contributed by atoms with van der Waals surface area (Å²) < 4.78 is 12.2. The van der Waals surface area contributed by atoms with E-state index >= 15 is 0 Å². The highest BCUT2D eigenvalue weighted by atomic mass is 79.9. The molecule has 0 atom stereocenters. The number of hydrogen-bond donors (Lipinski definition) is 2. The van der Waals surface area contributed by atoms with Crippen molar-refractivity contribution in [3.63, 3.8) is 0 Å². The molecule has 1 aromatic rings. The fourth-order valence-electron chi connectivity index (χ4n) is 1.63. The van der Waals surface area contributed by atoms with Crippen LogP contribution in [0.4, 0.5) is 0 Å². The van der Waals surface area contributed by atoms with Crippen LogP contribution in [0.3, 0.4) is 0 Å². The summed E-state index contributed by atoms with van der Waals surface area (Å²) in [6.07, 6.45) is 0.608. The summed E-state index contributed by atoms with van der Waals surface area (Å²) in [6, 6.07) is 4.02. The lowest BCUT2D eigenvalue weighted by molar-refractivity contribution is 0.224. The van der Waals surface area contributed by atoms with E-state index in [0.29, 0.717) is 25.4 Å². The summed E-state index contributed by atoms with van der Waals surface area (Å²) >= 11 is 3.52. The maximum atomic E-state index is 8.80. The number of nitrogens with one attached hydrogen (secondary N) is 1. The van der Waals surface area contributed by atoms with Crippen LogP contribution in [0.15, 0.2) is 16.6 Å². The molecule has 1 aromatic carbocycles. The predicted octanol–water partition coefficient (Wildman–Crippen LogP) is 2.72. The van der Waals surface area contributed by atoms with Crippen molar-refractivity contribution >= 4 is 15.9 Å². The highest BCUT2D eigenvalue weighted by molar-refractivity contribution is 9.10. The lowest BCUT2D eigenvalue weighted by Gasteiger charge is -2.15. The van der Waals surface area contributed by atoms with Crippen molar-refractivity contribution in [2.45, 2.75) is 26.8 Å². The molecule has 0 radical (unpaired) electrons. The summed E-state index contributed by atoms with van der Waals surface area (Å²) in [4.78, 5) is 0. The lowest BCUT2D eigenvalue weighted by Crippen LogP contribution is -2.12. The number of aliphatic hydroxyl groups is 1. The van der Waals surface area contributed by atoms with Gasteiger partial charge in [0.15, 0.2) is 11.5 Å². The number of ether oxygens (including phenoxy) is 2. The third-order valence-corrected chi connectivity index (χ3v) is 3.09. The maximum Gasteiger partial charge on any atom is 0.175 e. The molecule has 0 bridgehead atoms. The second-order valence-electron chi connectivity index (χ2n) is 4.04. The lowest BCUT2D eigenvalue weighted by atomic mass is 10.2. The molecule has 0 saturated heterocycles.